The lowest BCUT2D eigenvalue weighted by Gasteiger charge is -2.27. The fraction of sp³-hybridized carbons (Fsp3) is 0.938. The van der Waals surface area contributed by atoms with Gasteiger partial charge in [0, 0.05) is 24.4 Å². The van der Waals surface area contributed by atoms with Crippen LogP contribution < -0.4 is 10.6 Å². The Labute approximate surface area is 134 Å². The number of hydrogen-bond acceptors (Lipinski definition) is 3. The molecular formula is C16H32N4S. The molecule has 0 aromatic carbocycles. The molecule has 0 radical (unpaired) electrons. The summed E-state index contributed by atoms with van der Waals surface area (Å²) in [5.41, 5.74) is 0. The summed E-state index contributed by atoms with van der Waals surface area (Å²) in [6.07, 6.45) is 6.78. The van der Waals surface area contributed by atoms with Crippen LogP contribution in [0.1, 0.15) is 46.0 Å². The first-order chi connectivity index (χ1) is 10.2. The minimum absolute atomic E-state index is 0.356. The van der Waals surface area contributed by atoms with E-state index in [1.807, 2.05) is 0 Å². The first kappa shape index (κ1) is 16.9. The van der Waals surface area contributed by atoms with Gasteiger partial charge in [0.15, 0.2) is 5.96 Å². The summed E-state index contributed by atoms with van der Waals surface area (Å²) in [4.78, 5) is 7.37. The van der Waals surface area contributed by atoms with Gasteiger partial charge < -0.3 is 15.5 Å². The summed E-state index contributed by atoms with van der Waals surface area (Å²) in [6.45, 7) is 11.0. The molecule has 0 amide bonds. The zero-order valence-electron chi connectivity index (χ0n) is 13.8. The van der Waals surface area contributed by atoms with Crippen LogP contribution in [0.15, 0.2) is 4.99 Å². The van der Waals surface area contributed by atoms with E-state index in [2.05, 4.69) is 41.1 Å². The van der Waals surface area contributed by atoms with E-state index < -0.39 is 0 Å². The maximum atomic E-state index is 4.80. The van der Waals surface area contributed by atoms with E-state index in [4.69, 9.17) is 4.99 Å². The molecule has 2 N–H and O–H groups in total. The molecule has 1 unspecified atom stereocenters. The molecule has 5 heteroatoms. The third-order valence-corrected chi connectivity index (χ3v) is 5.91. The van der Waals surface area contributed by atoms with Gasteiger partial charge in [-0.1, -0.05) is 6.42 Å². The van der Waals surface area contributed by atoms with Crippen LogP contribution >= 0.6 is 11.8 Å². The fourth-order valence-electron chi connectivity index (χ4n) is 3.07. The highest BCUT2D eigenvalue weighted by molar-refractivity contribution is 8.00. The highest BCUT2D eigenvalue weighted by atomic mass is 32.2. The molecule has 2 aliphatic rings. The maximum absolute atomic E-state index is 4.80. The topological polar surface area (TPSA) is 39.7 Å². The minimum Gasteiger partial charge on any atom is -0.357 e. The summed E-state index contributed by atoms with van der Waals surface area (Å²) in [5, 5.41) is 6.87. The summed E-state index contributed by atoms with van der Waals surface area (Å²) in [6, 6.07) is 0. The van der Waals surface area contributed by atoms with Crippen molar-refractivity contribution in [3.8, 4) is 0 Å². The van der Waals surface area contributed by atoms with Crippen LogP contribution in [0.5, 0.6) is 0 Å². The van der Waals surface area contributed by atoms with Crippen molar-refractivity contribution < 1.29 is 0 Å². The second kappa shape index (κ2) is 8.89. The maximum Gasteiger partial charge on any atom is 0.191 e. The van der Waals surface area contributed by atoms with Crippen molar-refractivity contribution in [3.05, 3.63) is 0 Å². The third-order valence-electron chi connectivity index (χ3n) is 4.39. The van der Waals surface area contributed by atoms with Crippen LogP contribution in [-0.2, 0) is 0 Å². The molecule has 0 aromatic heterocycles. The minimum atomic E-state index is 0.356. The molecule has 2 heterocycles. The normalized spacial score (nSPS) is 27.8. The molecule has 2 aliphatic heterocycles. The average Bonchev–Trinajstić information content (AvgIpc) is 2.93. The predicted octanol–water partition coefficient (Wildman–Crippen LogP) is 2.31. The lowest BCUT2D eigenvalue weighted by molar-refractivity contribution is 0.232. The number of rotatable bonds is 6. The Morgan fingerprint density at radius 3 is 2.67 bits per heavy atom. The third kappa shape index (κ3) is 6.07. The molecule has 0 bridgehead atoms. The van der Waals surface area contributed by atoms with Crippen LogP contribution in [0.3, 0.4) is 0 Å². The van der Waals surface area contributed by atoms with Gasteiger partial charge in [-0.15, -0.1) is 0 Å². The molecule has 122 valence electrons. The van der Waals surface area contributed by atoms with Gasteiger partial charge in [-0.3, -0.25) is 4.99 Å². The monoisotopic (exact) mass is 312 g/mol. The van der Waals surface area contributed by atoms with Gasteiger partial charge >= 0.3 is 0 Å². The van der Waals surface area contributed by atoms with Crippen LogP contribution in [0.2, 0.25) is 0 Å². The van der Waals surface area contributed by atoms with E-state index in [1.165, 1.54) is 50.9 Å². The summed E-state index contributed by atoms with van der Waals surface area (Å²) >= 11 is 2.08. The molecule has 21 heavy (non-hydrogen) atoms. The predicted molar refractivity (Wildman–Crippen MR) is 94.4 cm³/mol. The van der Waals surface area contributed by atoms with Crippen molar-refractivity contribution in [1.29, 1.82) is 0 Å². The largest absolute Gasteiger partial charge is 0.357 e. The number of likely N-dealkylation sites (tertiary alicyclic amines) is 1. The first-order valence-electron chi connectivity index (χ1n) is 8.60. The van der Waals surface area contributed by atoms with Crippen LogP contribution in [0.25, 0.3) is 0 Å². The SMILES string of the molecule is CCNC(=NCC1(C)CCCS1)NCCN1CCCCC1. The number of guanidine groups is 1. The highest BCUT2D eigenvalue weighted by Gasteiger charge is 2.29. The quantitative estimate of drug-likeness (QED) is 0.583. The van der Waals surface area contributed by atoms with Crippen molar-refractivity contribution in [2.75, 3.05) is 45.0 Å². The second-order valence-electron chi connectivity index (χ2n) is 6.43. The molecule has 0 aromatic rings. The van der Waals surface area contributed by atoms with Crippen molar-refractivity contribution in [2.45, 2.75) is 50.7 Å². The Morgan fingerprint density at radius 1 is 1.19 bits per heavy atom. The Hall–Kier alpha value is -0.420. The molecule has 1 atom stereocenters. The zero-order chi connectivity index (χ0) is 15.0. The molecule has 0 spiro atoms. The van der Waals surface area contributed by atoms with Crippen molar-refractivity contribution in [3.63, 3.8) is 0 Å². The number of thioether (sulfide) groups is 1. The van der Waals surface area contributed by atoms with Gasteiger partial charge in [0.25, 0.3) is 0 Å². The summed E-state index contributed by atoms with van der Waals surface area (Å²) in [7, 11) is 0. The molecule has 2 fully saturated rings. The van der Waals surface area contributed by atoms with E-state index in [0.29, 0.717) is 4.75 Å². The van der Waals surface area contributed by atoms with E-state index >= 15 is 0 Å². The molecule has 0 saturated carbocycles. The first-order valence-corrected chi connectivity index (χ1v) is 9.59. The Bertz CT molecular complexity index is 320. The van der Waals surface area contributed by atoms with E-state index in [-0.39, 0.29) is 0 Å². The van der Waals surface area contributed by atoms with Gasteiger partial charge in [-0.25, -0.2) is 0 Å². The number of nitrogens with one attached hydrogen (secondary N) is 2. The Kier molecular flexibility index (Phi) is 7.17. The van der Waals surface area contributed by atoms with Crippen molar-refractivity contribution in [2.24, 2.45) is 4.99 Å². The van der Waals surface area contributed by atoms with Crippen LogP contribution in [0.4, 0.5) is 0 Å². The molecule has 2 rings (SSSR count). The van der Waals surface area contributed by atoms with Gasteiger partial charge in [-0.05, 0) is 58.4 Å². The van der Waals surface area contributed by atoms with Gasteiger partial charge in [0.05, 0.1) is 6.54 Å². The Morgan fingerprint density at radius 2 is 2.00 bits per heavy atom. The summed E-state index contributed by atoms with van der Waals surface area (Å²) in [5.74, 6) is 2.29. The second-order valence-corrected chi connectivity index (χ2v) is 8.11. The van der Waals surface area contributed by atoms with Crippen LogP contribution in [-0.4, -0.2) is 60.6 Å². The number of nitrogens with zero attached hydrogens (tertiary/aromatic N) is 2. The Balaban J connectivity index is 1.72. The number of hydrogen-bond donors (Lipinski definition) is 2. The van der Waals surface area contributed by atoms with E-state index in [0.717, 1.165) is 32.1 Å². The van der Waals surface area contributed by atoms with E-state index in [1.54, 1.807) is 0 Å². The lowest BCUT2D eigenvalue weighted by Crippen LogP contribution is -2.43. The number of aliphatic imine (C=N–C) groups is 1. The highest BCUT2D eigenvalue weighted by Crippen LogP contribution is 2.37. The van der Waals surface area contributed by atoms with Gasteiger partial charge in [0.2, 0.25) is 0 Å². The zero-order valence-corrected chi connectivity index (χ0v) is 14.6. The molecule has 4 nitrogen and oxygen atoms in total. The van der Waals surface area contributed by atoms with Crippen molar-refractivity contribution >= 4 is 17.7 Å². The summed E-state index contributed by atoms with van der Waals surface area (Å²) < 4.78 is 0.356. The molecule has 2 saturated heterocycles. The van der Waals surface area contributed by atoms with Gasteiger partial charge in [0.1, 0.15) is 0 Å². The molecule has 0 aliphatic carbocycles. The lowest BCUT2D eigenvalue weighted by atomic mass is 10.1. The molecular weight excluding hydrogens is 280 g/mol. The number of piperidine rings is 1. The van der Waals surface area contributed by atoms with Crippen molar-refractivity contribution in [1.82, 2.24) is 15.5 Å². The van der Waals surface area contributed by atoms with Crippen LogP contribution in [0, 0.1) is 0 Å². The smallest absolute Gasteiger partial charge is 0.191 e. The van der Waals surface area contributed by atoms with E-state index in [9.17, 15) is 0 Å². The average molecular weight is 313 g/mol. The van der Waals surface area contributed by atoms with Gasteiger partial charge in [-0.2, -0.15) is 11.8 Å². The standard InChI is InChI=1S/C16H32N4S/c1-3-17-15(19-14-16(2)8-7-13-21-16)18-9-12-20-10-5-4-6-11-20/h3-14H2,1-2H3,(H2,17,18,19). The fourth-order valence-corrected chi connectivity index (χ4v) is 4.29.